The van der Waals surface area contributed by atoms with Crippen LogP contribution in [0.5, 0.6) is 11.5 Å². The standard InChI is InChI=1S/C21H24N2O5/c1-15(28-19-8-6-18(26-2)7-9-19)20(24)22-17-5-3-4-16(14-17)21(25)23-10-12-27-13-11-23/h3-9,14-15H,10-13H2,1-2H3,(H,22,24)/t15-/m1/s1. The number of hydrogen-bond donors (Lipinski definition) is 1. The summed E-state index contributed by atoms with van der Waals surface area (Å²) in [5, 5.41) is 2.80. The predicted octanol–water partition coefficient (Wildman–Crippen LogP) is 2.57. The summed E-state index contributed by atoms with van der Waals surface area (Å²) in [5.74, 6) is 0.916. The molecule has 0 spiro atoms. The molecule has 0 radical (unpaired) electrons. The fraction of sp³-hybridized carbons (Fsp3) is 0.333. The van der Waals surface area contributed by atoms with Crippen molar-refractivity contribution in [3.63, 3.8) is 0 Å². The Morgan fingerprint density at radius 2 is 1.75 bits per heavy atom. The second-order valence-corrected chi connectivity index (χ2v) is 6.41. The molecular formula is C21H24N2O5. The maximum atomic E-state index is 12.6. The molecule has 2 aromatic carbocycles. The van der Waals surface area contributed by atoms with E-state index in [1.54, 1.807) is 67.5 Å². The maximum Gasteiger partial charge on any atom is 0.265 e. The zero-order chi connectivity index (χ0) is 19.9. The van der Waals surface area contributed by atoms with Crippen LogP contribution in [-0.4, -0.2) is 56.2 Å². The number of amides is 2. The fourth-order valence-corrected chi connectivity index (χ4v) is 2.83. The van der Waals surface area contributed by atoms with Crippen molar-refractivity contribution in [2.75, 3.05) is 38.7 Å². The van der Waals surface area contributed by atoms with Crippen LogP contribution in [0.1, 0.15) is 17.3 Å². The summed E-state index contributed by atoms with van der Waals surface area (Å²) < 4.78 is 16.0. The number of morpholine rings is 1. The molecule has 1 heterocycles. The van der Waals surface area contributed by atoms with Gasteiger partial charge in [-0.25, -0.2) is 0 Å². The third kappa shape index (κ3) is 5.01. The molecule has 28 heavy (non-hydrogen) atoms. The van der Waals surface area contributed by atoms with Crippen LogP contribution in [0.25, 0.3) is 0 Å². The maximum absolute atomic E-state index is 12.6. The Morgan fingerprint density at radius 3 is 2.43 bits per heavy atom. The Balaban J connectivity index is 1.60. The number of benzene rings is 2. The molecule has 1 fully saturated rings. The molecule has 3 rings (SSSR count). The highest BCUT2D eigenvalue weighted by Crippen LogP contribution is 2.19. The van der Waals surface area contributed by atoms with Gasteiger partial charge in [0.05, 0.1) is 20.3 Å². The van der Waals surface area contributed by atoms with E-state index in [-0.39, 0.29) is 11.8 Å². The Kier molecular flexibility index (Phi) is 6.49. The molecular weight excluding hydrogens is 360 g/mol. The van der Waals surface area contributed by atoms with Gasteiger partial charge in [0.25, 0.3) is 11.8 Å². The number of nitrogens with zero attached hydrogens (tertiary/aromatic N) is 1. The summed E-state index contributed by atoms with van der Waals surface area (Å²) in [7, 11) is 1.59. The fourth-order valence-electron chi connectivity index (χ4n) is 2.83. The zero-order valence-corrected chi connectivity index (χ0v) is 16.0. The first-order valence-corrected chi connectivity index (χ1v) is 9.15. The molecule has 0 aromatic heterocycles. The molecule has 148 valence electrons. The molecule has 1 atom stereocenters. The Hall–Kier alpha value is -3.06. The van der Waals surface area contributed by atoms with Crippen LogP contribution in [0.2, 0.25) is 0 Å². The molecule has 1 aliphatic heterocycles. The summed E-state index contributed by atoms with van der Waals surface area (Å²) in [5.41, 5.74) is 1.08. The lowest BCUT2D eigenvalue weighted by molar-refractivity contribution is -0.122. The highest BCUT2D eigenvalue weighted by Gasteiger charge is 2.20. The van der Waals surface area contributed by atoms with Gasteiger partial charge in [-0.3, -0.25) is 9.59 Å². The number of methoxy groups -OCH3 is 1. The molecule has 0 saturated carbocycles. The lowest BCUT2D eigenvalue weighted by Crippen LogP contribution is -2.40. The van der Waals surface area contributed by atoms with Crippen molar-refractivity contribution >= 4 is 17.5 Å². The Labute approximate surface area is 164 Å². The lowest BCUT2D eigenvalue weighted by Gasteiger charge is -2.27. The zero-order valence-electron chi connectivity index (χ0n) is 16.0. The van der Waals surface area contributed by atoms with Crippen molar-refractivity contribution in [3.05, 3.63) is 54.1 Å². The summed E-state index contributed by atoms with van der Waals surface area (Å²) in [4.78, 5) is 26.8. The van der Waals surface area contributed by atoms with Crippen molar-refractivity contribution in [3.8, 4) is 11.5 Å². The van der Waals surface area contributed by atoms with Crippen LogP contribution >= 0.6 is 0 Å². The van der Waals surface area contributed by atoms with E-state index >= 15 is 0 Å². The van der Waals surface area contributed by atoms with E-state index in [9.17, 15) is 9.59 Å². The molecule has 1 aliphatic rings. The quantitative estimate of drug-likeness (QED) is 0.828. The van der Waals surface area contributed by atoms with Crippen LogP contribution < -0.4 is 14.8 Å². The van der Waals surface area contributed by atoms with Crippen molar-refractivity contribution in [2.45, 2.75) is 13.0 Å². The number of ether oxygens (including phenoxy) is 3. The molecule has 1 N–H and O–H groups in total. The van der Waals surface area contributed by atoms with E-state index in [0.29, 0.717) is 49.1 Å². The molecule has 7 nitrogen and oxygen atoms in total. The topological polar surface area (TPSA) is 77.1 Å². The summed E-state index contributed by atoms with van der Waals surface area (Å²) in [6.07, 6.45) is -0.702. The van der Waals surface area contributed by atoms with Gasteiger partial charge in [0.2, 0.25) is 0 Å². The summed E-state index contributed by atoms with van der Waals surface area (Å²) in [6, 6.07) is 13.9. The number of anilines is 1. The van der Waals surface area contributed by atoms with E-state index in [1.165, 1.54) is 0 Å². The van der Waals surface area contributed by atoms with Crippen LogP contribution in [0.15, 0.2) is 48.5 Å². The van der Waals surface area contributed by atoms with Gasteiger partial charge < -0.3 is 24.4 Å². The van der Waals surface area contributed by atoms with Crippen molar-refractivity contribution in [1.82, 2.24) is 4.90 Å². The van der Waals surface area contributed by atoms with Crippen LogP contribution in [0, 0.1) is 0 Å². The largest absolute Gasteiger partial charge is 0.497 e. The predicted molar refractivity (Wildman–Crippen MR) is 105 cm³/mol. The third-order valence-corrected chi connectivity index (χ3v) is 4.42. The molecule has 0 unspecified atom stereocenters. The first kappa shape index (κ1) is 19.7. The van der Waals surface area contributed by atoms with Gasteiger partial charge >= 0.3 is 0 Å². The number of nitrogens with one attached hydrogen (secondary N) is 1. The minimum Gasteiger partial charge on any atom is -0.497 e. The average molecular weight is 384 g/mol. The van der Waals surface area contributed by atoms with E-state index < -0.39 is 6.10 Å². The summed E-state index contributed by atoms with van der Waals surface area (Å²) in [6.45, 7) is 3.90. The van der Waals surface area contributed by atoms with Gasteiger partial charge in [-0.1, -0.05) is 6.07 Å². The Morgan fingerprint density at radius 1 is 1.07 bits per heavy atom. The number of carbonyl (C=O) groups excluding carboxylic acids is 2. The molecule has 0 bridgehead atoms. The van der Waals surface area contributed by atoms with Gasteiger partial charge in [0.15, 0.2) is 6.10 Å². The Bertz CT molecular complexity index is 816. The highest BCUT2D eigenvalue weighted by atomic mass is 16.5. The van der Waals surface area contributed by atoms with Crippen molar-refractivity contribution < 1.29 is 23.8 Å². The second kappa shape index (κ2) is 9.23. The molecule has 1 saturated heterocycles. The summed E-state index contributed by atoms with van der Waals surface area (Å²) >= 11 is 0. The van der Waals surface area contributed by atoms with Gasteiger partial charge in [-0.05, 0) is 49.4 Å². The highest BCUT2D eigenvalue weighted by molar-refractivity contribution is 5.98. The van der Waals surface area contributed by atoms with Crippen LogP contribution in [0.4, 0.5) is 5.69 Å². The van der Waals surface area contributed by atoms with Crippen molar-refractivity contribution in [2.24, 2.45) is 0 Å². The van der Waals surface area contributed by atoms with Gasteiger partial charge in [-0.15, -0.1) is 0 Å². The normalized spacial score (nSPS) is 14.9. The number of carbonyl (C=O) groups is 2. The van der Waals surface area contributed by atoms with Crippen LogP contribution in [0.3, 0.4) is 0 Å². The minimum atomic E-state index is -0.702. The van der Waals surface area contributed by atoms with E-state index in [2.05, 4.69) is 5.32 Å². The van der Waals surface area contributed by atoms with E-state index in [0.717, 1.165) is 0 Å². The van der Waals surface area contributed by atoms with E-state index in [4.69, 9.17) is 14.2 Å². The van der Waals surface area contributed by atoms with Crippen molar-refractivity contribution in [1.29, 1.82) is 0 Å². The lowest BCUT2D eigenvalue weighted by atomic mass is 10.1. The first-order chi connectivity index (χ1) is 13.6. The number of rotatable bonds is 6. The van der Waals surface area contributed by atoms with Gasteiger partial charge in [-0.2, -0.15) is 0 Å². The SMILES string of the molecule is COc1ccc(O[C@H](C)C(=O)Nc2cccc(C(=O)N3CCOCC3)c2)cc1. The minimum absolute atomic E-state index is 0.0677. The molecule has 0 aliphatic carbocycles. The molecule has 2 aromatic rings. The third-order valence-electron chi connectivity index (χ3n) is 4.42. The van der Waals surface area contributed by atoms with Gasteiger partial charge in [0, 0.05) is 24.3 Å². The monoisotopic (exact) mass is 384 g/mol. The molecule has 2 amide bonds. The van der Waals surface area contributed by atoms with Crippen LogP contribution in [-0.2, 0) is 9.53 Å². The van der Waals surface area contributed by atoms with E-state index in [1.807, 2.05) is 0 Å². The number of hydrogen-bond acceptors (Lipinski definition) is 5. The average Bonchev–Trinajstić information content (AvgIpc) is 2.74. The van der Waals surface area contributed by atoms with Gasteiger partial charge in [0.1, 0.15) is 11.5 Å². The smallest absolute Gasteiger partial charge is 0.265 e. The molecule has 7 heteroatoms. The second-order valence-electron chi connectivity index (χ2n) is 6.41. The first-order valence-electron chi connectivity index (χ1n) is 9.15.